The van der Waals surface area contributed by atoms with Gasteiger partial charge in [-0.2, -0.15) is 0 Å². The van der Waals surface area contributed by atoms with E-state index in [-0.39, 0.29) is 11.9 Å². The van der Waals surface area contributed by atoms with Gasteiger partial charge in [0, 0.05) is 31.0 Å². The van der Waals surface area contributed by atoms with Crippen LogP contribution >= 0.6 is 11.8 Å². The lowest BCUT2D eigenvalue weighted by molar-refractivity contribution is -0.121. The Labute approximate surface area is 176 Å². The molecule has 1 unspecified atom stereocenters. The minimum atomic E-state index is 0.161. The maximum absolute atomic E-state index is 12.1. The number of likely N-dealkylation sites (N-methyl/N-ethyl adjacent to an activating group) is 1. The van der Waals surface area contributed by atoms with E-state index in [9.17, 15) is 4.79 Å². The molecule has 2 aromatic carbocycles. The van der Waals surface area contributed by atoms with Crippen LogP contribution in [0.5, 0.6) is 0 Å². The molecule has 1 aliphatic heterocycles. The van der Waals surface area contributed by atoms with Crippen molar-refractivity contribution in [2.75, 3.05) is 18.0 Å². The van der Waals surface area contributed by atoms with Crippen LogP contribution in [0.3, 0.4) is 0 Å². The second-order valence-corrected chi connectivity index (χ2v) is 8.49. The van der Waals surface area contributed by atoms with Crippen molar-refractivity contribution in [1.82, 2.24) is 15.3 Å². The van der Waals surface area contributed by atoms with E-state index >= 15 is 0 Å². The zero-order valence-corrected chi connectivity index (χ0v) is 17.9. The van der Waals surface area contributed by atoms with Crippen molar-refractivity contribution >= 4 is 34.4 Å². The maximum Gasteiger partial charge on any atom is 0.220 e. The summed E-state index contributed by atoms with van der Waals surface area (Å²) < 4.78 is 0. The lowest BCUT2D eigenvalue weighted by Gasteiger charge is -2.37. The first-order chi connectivity index (χ1) is 14.2. The molecule has 0 aliphatic carbocycles. The summed E-state index contributed by atoms with van der Waals surface area (Å²) in [6, 6.07) is 14.9. The first-order valence-electron chi connectivity index (χ1n) is 10.4. The fourth-order valence-electron chi connectivity index (χ4n) is 4.07. The molecule has 6 heteroatoms. The highest BCUT2D eigenvalue weighted by atomic mass is 32.2. The van der Waals surface area contributed by atoms with Crippen LogP contribution in [0, 0.1) is 0 Å². The Hall–Kier alpha value is -2.47. The number of fused-ring (bicyclic) bond motifs is 2. The van der Waals surface area contributed by atoms with Crippen molar-refractivity contribution < 1.29 is 4.79 Å². The fourth-order valence-corrected chi connectivity index (χ4v) is 4.94. The smallest absolute Gasteiger partial charge is 0.220 e. The molecule has 0 radical (unpaired) electrons. The van der Waals surface area contributed by atoms with Gasteiger partial charge in [-0.15, -0.1) is 0 Å². The summed E-state index contributed by atoms with van der Waals surface area (Å²) in [6.45, 7) is 6.02. The quantitative estimate of drug-likeness (QED) is 0.564. The van der Waals surface area contributed by atoms with Crippen molar-refractivity contribution in [1.29, 1.82) is 0 Å². The largest absolute Gasteiger partial charge is 0.369 e. The number of H-pyrrole nitrogens is 1. The van der Waals surface area contributed by atoms with Gasteiger partial charge in [-0.1, -0.05) is 49.0 Å². The van der Waals surface area contributed by atoms with Gasteiger partial charge in [-0.05, 0) is 43.0 Å². The average Bonchev–Trinajstić information content (AvgIpc) is 3.14. The van der Waals surface area contributed by atoms with Gasteiger partial charge in [0.25, 0.3) is 0 Å². The highest BCUT2D eigenvalue weighted by Gasteiger charge is 2.26. The molecule has 1 atom stereocenters. The average molecular weight is 409 g/mol. The summed E-state index contributed by atoms with van der Waals surface area (Å²) >= 11 is 1.74. The molecule has 0 spiro atoms. The number of aromatic amines is 1. The number of aromatic nitrogens is 2. The van der Waals surface area contributed by atoms with E-state index in [1.807, 2.05) is 25.1 Å². The molecular formula is C23H28N4OS. The fraction of sp³-hybridized carbons (Fsp3) is 0.391. The van der Waals surface area contributed by atoms with E-state index in [1.165, 1.54) is 16.8 Å². The number of hydrogen-bond donors (Lipinski definition) is 2. The summed E-state index contributed by atoms with van der Waals surface area (Å²) in [7, 11) is 0. The van der Waals surface area contributed by atoms with Crippen molar-refractivity contribution in [3.05, 3.63) is 53.6 Å². The molecule has 2 heterocycles. The second-order valence-electron chi connectivity index (χ2n) is 7.53. The summed E-state index contributed by atoms with van der Waals surface area (Å²) in [5, 5.41) is 4.17. The van der Waals surface area contributed by atoms with Gasteiger partial charge in [0.1, 0.15) is 0 Å². The molecule has 0 fully saturated rings. The molecule has 4 rings (SSSR count). The van der Waals surface area contributed by atoms with E-state index in [0.717, 1.165) is 47.9 Å². The van der Waals surface area contributed by atoms with Gasteiger partial charge in [-0.25, -0.2) is 4.98 Å². The highest BCUT2D eigenvalue weighted by Crippen LogP contribution is 2.34. The van der Waals surface area contributed by atoms with Crippen LogP contribution in [0.25, 0.3) is 11.0 Å². The zero-order chi connectivity index (χ0) is 20.2. The molecule has 0 saturated carbocycles. The van der Waals surface area contributed by atoms with E-state index < -0.39 is 0 Å². The Balaban J connectivity index is 1.51. The van der Waals surface area contributed by atoms with Gasteiger partial charge < -0.3 is 15.2 Å². The van der Waals surface area contributed by atoms with Crippen LogP contribution in [0.4, 0.5) is 5.69 Å². The molecule has 2 N–H and O–H groups in total. The highest BCUT2D eigenvalue weighted by molar-refractivity contribution is 7.98. The molecule has 1 aromatic heterocycles. The van der Waals surface area contributed by atoms with E-state index in [4.69, 9.17) is 0 Å². The van der Waals surface area contributed by atoms with E-state index in [0.29, 0.717) is 6.42 Å². The van der Waals surface area contributed by atoms with Crippen molar-refractivity contribution in [2.45, 2.75) is 50.1 Å². The summed E-state index contributed by atoms with van der Waals surface area (Å²) in [6.07, 6.45) is 2.38. The Morgan fingerprint density at radius 1 is 1.24 bits per heavy atom. The number of carbonyl (C=O) groups is 1. The third-order valence-electron chi connectivity index (χ3n) is 5.38. The predicted octanol–water partition coefficient (Wildman–Crippen LogP) is 4.52. The molecule has 152 valence electrons. The number of imidazole rings is 1. The van der Waals surface area contributed by atoms with Gasteiger partial charge in [0.05, 0.1) is 17.1 Å². The van der Waals surface area contributed by atoms with Crippen LogP contribution in [0.15, 0.2) is 47.6 Å². The van der Waals surface area contributed by atoms with Gasteiger partial charge in [-0.3, -0.25) is 4.79 Å². The standard InChI is InChI=1S/C23H28N4OS/c1-3-8-21(28)24-18-13-16-9-7-10-17(22(16)27(4-2)14-18)15-29-23-25-19-11-5-6-12-20(19)26-23/h5-7,9-12,18H,3-4,8,13-15H2,1-2H3,(H,24,28)(H,25,26). The number of hydrogen-bond acceptors (Lipinski definition) is 4. The van der Waals surface area contributed by atoms with Crippen LogP contribution in [0.2, 0.25) is 0 Å². The van der Waals surface area contributed by atoms with Gasteiger partial charge in [0.2, 0.25) is 5.91 Å². The van der Waals surface area contributed by atoms with Crippen LogP contribution in [-0.4, -0.2) is 35.0 Å². The lowest BCUT2D eigenvalue weighted by atomic mass is 9.95. The molecule has 0 saturated heterocycles. The minimum Gasteiger partial charge on any atom is -0.369 e. The monoisotopic (exact) mass is 408 g/mol. The van der Waals surface area contributed by atoms with Crippen LogP contribution < -0.4 is 10.2 Å². The number of nitrogens with zero attached hydrogens (tertiary/aromatic N) is 2. The van der Waals surface area contributed by atoms with E-state index in [1.54, 1.807) is 11.8 Å². The third-order valence-corrected chi connectivity index (χ3v) is 6.30. The number of carbonyl (C=O) groups excluding carboxylic acids is 1. The van der Waals surface area contributed by atoms with Gasteiger partial charge >= 0.3 is 0 Å². The summed E-state index contributed by atoms with van der Waals surface area (Å²) in [4.78, 5) is 22.6. The first-order valence-corrected chi connectivity index (χ1v) is 11.4. The lowest BCUT2D eigenvalue weighted by Crippen LogP contribution is -2.48. The van der Waals surface area contributed by atoms with Gasteiger partial charge in [0.15, 0.2) is 5.16 Å². The normalized spacial score (nSPS) is 16.1. The molecule has 0 bridgehead atoms. The minimum absolute atomic E-state index is 0.161. The maximum atomic E-state index is 12.1. The Morgan fingerprint density at radius 2 is 2.10 bits per heavy atom. The Kier molecular flexibility index (Phi) is 6.09. The molecule has 29 heavy (non-hydrogen) atoms. The number of benzene rings is 2. The molecule has 3 aromatic rings. The van der Waals surface area contributed by atoms with Crippen LogP contribution in [0.1, 0.15) is 37.8 Å². The number of thioether (sulfide) groups is 1. The number of rotatable bonds is 7. The first kappa shape index (κ1) is 19.8. The summed E-state index contributed by atoms with van der Waals surface area (Å²) in [5.41, 5.74) is 6.06. The SMILES string of the molecule is CCCC(=O)NC1Cc2cccc(CSc3nc4ccccc4[nH]3)c2N(CC)C1. The van der Waals surface area contributed by atoms with E-state index in [2.05, 4.69) is 51.4 Å². The number of amides is 1. The second kappa shape index (κ2) is 8.91. The predicted molar refractivity (Wildman–Crippen MR) is 121 cm³/mol. The third kappa shape index (κ3) is 4.42. The van der Waals surface area contributed by atoms with Crippen molar-refractivity contribution in [2.24, 2.45) is 0 Å². The Morgan fingerprint density at radius 3 is 2.90 bits per heavy atom. The number of nitrogens with one attached hydrogen (secondary N) is 2. The van der Waals surface area contributed by atoms with Crippen molar-refractivity contribution in [3.8, 4) is 0 Å². The molecule has 1 amide bonds. The topological polar surface area (TPSA) is 61.0 Å². The molecule has 1 aliphatic rings. The number of anilines is 1. The number of para-hydroxylation sites is 3. The molecule has 5 nitrogen and oxygen atoms in total. The van der Waals surface area contributed by atoms with Crippen molar-refractivity contribution in [3.63, 3.8) is 0 Å². The zero-order valence-electron chi connectivity index (χ0n) is 17.1. The molecular weight excluding hydrogens is 380 g/mol. The Bertz CT molecular complexity index is 966. The van der Waals surface area contributed by atoms with Crippen LogP contribution in [-0.2, 0) is 17.0 Å². The summed E-state index contributed by atoms with van der Waals surface area (Å²) in [5.74, 6) is 1.03.